The molecule has 1 heterocycles. The van der Waals surface area contributed by atoms with Crippen LogP contribution in [0, 0.1) is 6.92 Å². The molecule has 0 unspecified atom stereocenters. The molecule has 7 nitrogen and oxygen atoms in total. The van der Waals surface area contributed by atoms with E-state index in [4.69, 9.17) is 14.0 Å². The number of ether oxygens (including phenoxy) is 2. The summed E-state index contributed by atoms with van der Waals surface area (Å²) in [7, 11) is 1.63. The summed E-state index contributed by atoms with van der Waals surface area (Å²) in [6.45, 7) is 3.17. The van der Waals surface area contributed by atoms with Gasteiger partial charge in [-0.25, -0.2) is 0 Å². The number of hydrogen-bond acceptors (Lipinski definition) is 6. The second kappa shape index (κ2) is 9.66. The second-order valence-corrected chi connectivity index (χ2v) is 6.30. The normalized spacial score (nSPS) is 10.6. The molecule has 0 aliphatic rings. The maximum Gasteiger partial charge on any atom is 0.258 e. The van der Waals surface area contributed by atoms with E-state index in [0.717, 1.165) is 17.5 Å². The number of nitrogens with one attached hydrogen (secondary N) is 1. The third kappa shape index (κ3) is 5.40. The number of methoxy groups -OCH3 is 1. The molecule has 3 aromatic rings. The average Bonchev–Trinajstić information content (AvgIpc) is 3.21. The Hall–Kier alpha value is -3.19. The molecule has 0 radical (unpaired) electrons. The fourth-order valence-corrected chi connectivity index (χ4v) is 2.50. The molecule has 0 bridgehead atoms. The Morgan fingerprint density at radius 3 is 2.50 bits per heavy atom. The number of amides is 1. The van der Waals surface area contributed by atoms with E-state index < -0.39 is 0 Å². The smallest absolute Gasteiger partial charge is 0.258 e. The van der Waals surface area contributed by atoms with Crippen molar-refractivity contribution in [3.8, 4) is 28.6 Å². The zero-order valence-corrected chi connectivity index (χ0v) is 16.0. The van der Waals surface area contributed by atoms with Crippen molar-refractivity contribution in [1.82, 2.24) is 15.5 Å². The lowest BCUT2D eigenvalue weighted by atomic mass is 10.1. The van der Waals surface area contributed by atoms with Gasteiger partial charge in [-0.15, -0.1) is 0 Å². The molecule has 0 aliphatic heterocycles. The Labute approximate surface area is 163 Å². The molecule has 3 rings (SSSR count). The van der Waals surface area contributed by atoms with E-state index in [0.29, 0.717) is 30.6 Å². The molecule has 0 aliphatic carbocycles. The highest BCUT2D eigenvalue weighted by atomic mass is 16.5. The van der Waals surface area contributed by atoms with Crippen LogP contribution in [-0.2, 0) is 9.53 Å². The number of hydrogen-bond donors (Lipinski definition) is 1. The maximum atomic E-state index is 11.7. The first kappa shape index (κ1) is 19.6. The predicted octanol–water partition coefficient (Wildman–Crippen LogP) is 3.24. The van der Waals surface area contributed by atoms with Crippen molar-refractivity contribution in [3.05, 3.63) is 54.1 Å². The molecule has 0 saturated heterocycles. The Bertz CT molecular complexity index is 889. The molecular formula is C21H23N3O4. The standard InChI is InChI=1S/C21H23N3O4/c1-15-4-6-16(7-5-15)20-23-21(28-24-20)17-8-10-18(11-9-17)27-14-19(25)22-12-3-13-26-2/h4-11H,3,12-14H2,1-2H3,(H,22,25). The van der Waals surface area contributed by atoms with Gasteiger partial charge in [-0.3, -0.25) is 4.79 Å². The summed E-state index contributed by atoms with van der Waals surface area (Å²) in [5.41, 5.74) is 2.85. The van der Waals surface area contributed by atoms with Crippen LogP contribution in [-0.4, -0.2) is 42.9 Å². The summed E-state index contributed by atoms with van der Waals surface area (Å²) < 4.78 is 15.8. The highest BCUT2D eigenvalue weighted by Gasteiger charge is 2.11. The molecule has 1 amide bonds. The number of carbonyl (C=O) groups is 1. The van der Waals surface area contributed by atoms with Gasteiger partial charge in [-0.1, -0.05) is 35.0 Å². The number of nitrogens with zero attached hydrogens (tertiary/aromatic N) is 2. The van der Waals surface area contributed by atoms with Crippen molar-refractivity contribution in [1.29, 1.82) is 0 Å². The van der Waals surface area contributed by atoms with Crippen molar-refractivity contribution in [2.45, 2.75) is 13.3 Å². The zero-order valence-electron chi connectivity index (χ0n) is 16.0. The van der Waals surface area contributed by atoms with Crippen LogP contribution < -0.4 is 10.1 Å². The van der Waals surface area contributed by atoms with E-state index in [9.17, 15) is 4.79 Å². The summed E-state index contributed by atoms with van der Waals surface area (Å²) in [6.07, 6.45) is 0.770. The van der Waals surface area contributed by atoms with Crippen LogP contribution in [0.1, 0.15) is 12.0 Å². The number of benzene rings is 2. The highest BCUT2D eigenvalue weighted by molar-refractivity contribution is 5.77. The van der Waals surface area contributed by atoms with Crippen molar-refractivity contribution >= 4 is 5.91 Å². The first-order valence-corrected chi connectivity index (χ1v) is 9.05. The Balaban J connectivity index is 1.54. The largest absolute Gasteiger partial charge is 0.484 e. The number of carbonyl (C=O) groups excluding carboxylic acids is 1. The number of rotatable bonds is 9. The second-order valence-electron chi connectivity index (χ2n) is 6.30. The van der Waals surface area contributed by atoms with E-state index in [1.54, 1.807) is 19.2 Å². The molecule has 0 spiro atoms. The van der Waals surface area contributed by atoms with Gasteiger partial charge in [0.25, 0.3) is 11.8 Å². The molecule has 0 saturated carbocycles. The number of aryl methyl sites for hydroxylation is 1. The molecule has 2 aromatic carbocycles. The van der Waals surface area contributed by atoms with Crippen LogP contribution >= 0.6 is 0 Å². The van der Waals surface area contributed by atoms with Crippen LogP contribution in [0.3, 0.4) is 0 Å². The summed E-state index contributed by atoms with van der Waals surface area (Å²) in [4.78, 5) is 16.2. The minimum absolute atomic E-state index is 0.0372. The summed E-state index contributed by atoms with van der Waals surface area (Å²) in [5, 5.41) is 6.81. The molecule has 7 heteroatoms. The lowest BCUT2D eigenvalue weighted by Gasteiger charge is -2.07. The molecular weight excluding hydrogens is 358 g/mol. The van der Waals surface area contributed by atoms with Gasteiger partial charge in [0.1, 0.15) is 5.75 Å². The minimum Gasteiger partial charge on any atom is -0.484 e. The topological polar surface area (TPSA) is 86.5 Å². The summed E-state index contributed by atoms with van der Waals surface area (Å²) in [6, 6.07) is 15.1. The van der Waals surface area contributed by atoms with Gasteiger partial charge in [0.15, 0.2) is 6.61 Å². The van der Waals surface area contributed by atoms with Crippen LogP contribution in [0.2, 0.25) is 0 Å². The highest BCUT2D eigenvalue weighted by Crippen LogP contribution is 2.24. The van der Waals surface area contributed by atoms with Crippen LogP contribution in [0.15, 0.2) is 53.1 Å². The Morgan fingerprint density at radius 1 is 1.07 bits per heavy atom. The monoisotopic (exact) mass is 381 g/mol. The predicted molar refractivity (Wildman–Crippen MR) is 105 cm³/mol. The first-order chi connectivity index (χ1) is 13.7. The van der Waals surface area contributed by atoms with E-state index in [1.807, 2.05) is 43.3 Å². The van der Waals surface area contributed by atoms with Gasteiger partial charge >= 0.3 is 0 Å². The van der Waals surface area contributed by atoms with Crippen molar-refractivity contribution in [2.24, 2.45) is 0 Å². The summed E-state index contributed by atoms with van der Waals surface area (Å²) in [5.74, 6) is 1.40. The number of aromatic nitrogens is 2. The molecule has 146 valence electrons. The lowest BCUT2D eigenvalue weighted by Crippen LogP contribution is -2.30. The molecule has 1 N–H and O–H groups in total. The quantitative estimate of drug-likeness (QED) is 0.573. The van der Waals surface area contributed by atoms with Gasteiger partial charge in [-0.05, 0) is 37.6 Å². The fraction of sp³-hybridized carbons (Fsp3) is 0.286. The van der Waals surface area contributed by atoms with Gasteiger partial charge in [-0.2, -0.15) is 4.98 Å². The van der Waals surface area contributed by atoms with Crippen LogP contribution in [0.4, 0.5) is 0 Å². The molecule has 28 heavy (non-hydrogen) atoms. The van der Waals surface area contributed by atoms with Crippen molar-refractivity contribution in [2.75, 3.05) is 26.9 Å². The van der Waals surface area contributed by atoms with E-state index in [1.165, 1.54) is 5.56 Å². The maximum absolute atomic E-state index is 11.7. The molecule has 1 aromatic heterocycles. The molecule has 0 atom stereocenters. The van der Waals surface area contributed by atoms with E-state index in [2.05, 4.69) is 15.5 Å². The van der Waals surface area contributed by atoms with Gasteiger partial charge < -0.3 is 19.3 Å². The third-order valence-electron chi connectivity index (χ3n) is 4.05. The van der Waals surface area contributed by atoms with Crippen molar-refractivity contribution in [3.63, 3.8) is 0 Å². The molecule has 0 fully saturated rings. The van der Waals surface area contributed by atoms with Crippen LogP contribution in [0.5, 0.6) is 5.75 Å². The zero-order chi connectivity index (χ0) is 19.8. The Morgan fingerprint density at radius 2 is 1.79 bits per heavy atom. The third-order valence-corrected chi connectivity index (χ3v) is 4.05. The van der Waals surface area contributed by atoms with Gasteiger partial charge in [0, 0.05) is 31.4 Å². The average molecular weight is 381 g/mol. The SMILES string of the molecule is COCCCNC(=O)COc1ccc(-c2nc(-c3ccc(C)cc3)no2)cc1. The van der Waals surface area contributed by atoms with Gasteiger partial charge in [0.05, 0.1) is 0 Å². The van der Waals surface area contributed by atoms with E-state index in [-0.39, 0.29) is 12.5 Å². The minimum atomic E-state index is -0.167. The van der Waals surface area contributed by atoms with Crippen molar-refractivity contribution < 1.29 is 18.8 Å². The van der Waals surface area contributed by atoms with Crippen LogP contribution in [0.25, 0.3) is 22.8 Å². The lowest BCUT2D eigenvalue weighted by molar-refractivity contribution is -0.123. The first-order valence-electron chi connectivity index (χ1n) is 9.05. The summed E-state index contributed by atoms with van der Waals surface area (Å²) >= 11 is 0. The Kier molecular flexibility index (Phi) is 6.75. The fourth-order valence-electron chi connectivity index (χ4n) is 2.50. The van der Waals surface area contributed by atoms with E-state index >= 15 is 0 Å². The van der Waals surface area contributed by atoms with Gasteiger partial charge in [0.2, 0.25) is 5.82 Å².